The summed E-state index contributed by atoms with van der Waals surface area (Å²) >= 11 is 0. The van der Waals surface area contributed by atoms with Gasteiger partial charge in [0.25, 0.3) is 11.7 Å². The number of ether oxygens (including phenoxy) is 1. The number of carbonyl (C=O) groups is 2. The number of phenolic OH excluding ortho intramolecular Hbond substituents is 1. The lowest BCUT2D eigenvalue weighted by Gasteiger charge is -2.34. The third kappa shape index (κ3) is 5.39. The van der Waals surface area contributed by atoms with E-state index in [2.05, 4.69) is 37.6 Å². The first-order valence-electron chi connectivity index (χ1n) is 13.8. The van der Waals surface area contributed by atoms with Crippen LogP contribution in [0.2, 0.25) is 0 Å². The number of aromatic hydroxyl groups is 1. The van der Waals surface area contributed by atoms with Crippen LogP contribution in [0, 0.1) is 0 Å². The van der Waals surface area contributed by atoms with Crippen LogP contribution in [-0.2, 0) is 15.0 Å². The Balaban J connectivity index is 1.63. The number of nitrogens with zero attached hydrogens (tertiary/aromatic N) is 3. The molecule has 214 valence electrons. The number of methoxy groups -OCH3 is 1. The highest BCUT2D eigenvalue weighted by molar-refractivity contribution is 6.51. The third-order valence-electron chi connectivity index (χ3n) is 7.97. The van der Waals surface area contributed by atoms with Crippen LogP contribution in [-0.4, -0.2) is 67.1 Å². The van der Waals surface area contributed by atoms with Crippen molar-refractivity contribution in [1.29, 1.82) is 0 Å². The molecule has 1 amide bonds. The van der Waals surface area contributed by atoms with Crippen LogP contribution in [0.4, 0.5) is 11.4 Å². The van der Waals surface area contributed by atoms with Gasteiger partial charge >= 0.3 is 0 Å². The van der Waals surface area contributed by atoms with Crippen molar-refractivity contribution >= 4 is 28.8 Å². The van der Waals surface area contributed by atoms with E-state index in [9.17, 15) is 19.8 Å². The Kier molecular flexibility index (Phi) is 7.53. The van der Waals surface area contributed by atoms with Crippen molar-refractivity contribution in [2.75, 3.05) is 50.1 Å². The van der Waals surface area contributed by atoms with Crippen LogP contribution in [0.25, 0.3) is 5.76 Å². The van der Waals surface area contributed by atoms with E-state index in [1.54, 1.807) is 24.3 Å². The van der Waals surface area contributed by atoms with E-state index in [-0.39, 0.29) is 22.5 Å². The van der Waals surface area contributed by atoms with Gasteiger partial charge in [0, 0.05) is 37.6 Å². The number of hydrogen-bond acceptors (Lipinski definition) is 7. The lowest BCUT2D eigenvalue weighted by molar-refractivity contribution is -0.132. The van der Waals surface area contributed by atoms with Gasteiger partial charge in [0.1, 0.15) is 17.3 Å². The first kappa shape index (κ1) is 28.2. The molecule has 3 aromatic rings. The molecule has 3 aromatic carbocycles. The second kappa shape index (κ2) is 10.9. The van der Waals surface area contributed by atoms with Crippen LogP contribution in [0.5, 0.6) is 11.5 Å². The smallest absolute Gasteiger partial charge is 0.300 e. The molecule has 1 atom stereocenters. The number of amides is 1. The van der Waals surface area contributed by atoms with Crippen LogP contribution in [0.3, 0.4) is 0 Å². The molecule has 8 heteroatoms. The summed E-state index contributed by atoms with van der Waals surface area (Å²) in [7, 11) is 3.61. The van der Waals surface area contributed by atoms with E-state index in [1.165, 1.54) is 24.1 Å². The minimum absolute atomic E-state index is 0.0341. The summed E-state index contributed by atoms with van der Waals surface area (Å²) in [5, 5.41) is 21.7. The summed E-state index contributed by atoms with van der Waals surface area (Å²) < 4.78 is 5.56. The third-order valence-corrected chi connectivity index (χ3v) is 7.97. The largest absolute Gasteiger partial charge is 0.508 e. The minimum atomic E-state index is -0.909. The first-order chi connectivity index (χ1) is 19.5. The SMILES string of the molecule is COc1ccc(C(C)(C)C)cc1/C(O)=C1\C(=O)C(=O)N(c2ccc(N3CCN(C)CC3)cc2)C1c1ccc(O)cc1. The lowest BCUT2D eigenvalue weighted by Crippen LogP contribution is -2.44. The quantitative estimate of drug-likeness (QED) is 0.258. The number of likely N-dealkylation sites (N-methyl/N-ethyl adjacent to an activating group) is 1. The monoisotopic (exact) mass is 555 g/mol. The standard InChI is InChI=1S/C33H37N3O5/c1-33(2,3)22-8-15-27(41-5)26(20-22)30(38)28-29(21-6-13-25(37)14-7-21)36(32(40)31(28)39)24-11-9-23(10-12-24)35-18-16-34(4)17-19-35/h6-15,20,29,37-38H,16-19H2,1-5H3/b30-28+. The molecule has 0 aromatic heterocycles. The zero-order valence-electron chi connectivity index (χ0n) is 24.2. The van der Waals surface area contributed by atoms with Gasteiger partial charge in [-0.1, -0.05) is 39.0 Å². The second-order valence-corrected chi connectivity index (χ2v) is 11.7. The van der Waals surface area contributed by atoms with Gasteiger partial charge in [-0.15, -0.1) is 0 Å². The van der Waals surface area contributed by atoms with Gasteiger partial charge in [0.15, 0.2) is 0 Å². The molecule has 2 N–H and O–H groups in total. The number of aliphatic hydroxyl groups excluding tert-OH is 1. The van der Waals surface area contributed by atoms with E-state index in [0.717, 1.165) is 37.4 Å². The highest BCUT2D eigenvalue weighted by Crippen LogP contribution is 2.44. The van der Waals surface area contributed by atoms with Crippen molar-refractivity contribution in [3.05, 3.63) is 89.0 Å². The molecule has 2 aliphatic rings. The van der Waals surface area contributed by atoms with Gasteiger partial charge in [-0.3, -0.25) is 14.5 Å². The van der Waals surface area contributed by atoms with Crippen molar-refractivity contribution < 1.29 is 24.5 Å². The average molecular weight is 556 g/mol. The molecule has 1 unspecified atom stereocenters. The molecule has 0 radical (unpaired) electrons. The zero-order chi connectivity index (χ0) is 29.5. The Bertz CT molecular complexity index is 1480. The van der Waals surface area contributed by atoms with Crippen molar-refractivity contribution in [2.24, 2.45) is 0 Å². The topological polar surface area (TPSA) is 93.5 Å². The fourth-order valence-electron chi connectivity index (χ4n) is 5.46. The molecule has 2 fully saturated rings. The molecule has 5 rings (SSSR count). The Hall–Kier alpha value is -4.30. The maximum atomic E-state index is 13.7. The molecule has 2 saturated heterocycles. The number of anilines is 2. The minimum Gasteiger partial charge on any atom is -0.508 e. The zero-order valence-corrected chi connectivity index (χ0v) is 24.2. The van der Waals surface area contributed by atoms with E-state index in [4.69, 9.17) is 4.74 Å². The number of piperazine rings is 1. The van der Waals surface area contributed by atoms with Crippen LogP contribution in [0.1, 0.15) is 43.5 Å². The molecule has 0 bridgehead atoms. The predicted molar refractivity (Wildman–Crippen MR) is 161 cm³/mol. The number of hydrogen-bond donors (Lipinski definition) is 2. The summed E-state index contributed by atoms with van der Waals surface area (Å²) in [4.78, 5) is 33.3. The number of carbonyl (C=O) groups excluding carboxylic acids is 2. The molecule has 2 heterocycles. The van der Waals surface area contributed by atoms with Gasteiger partial charge in [-0.05, 0) is 72.1 Å². The van der Waals surface area contributed by atoms with Crippen molar-refractivity contribution in [3.63, 3.8) is 0 Å². The van der Waals surface area contributed by atoms with Crippen molar-refractivity contribution in [2.45, 2.75) is 32.2 Å². The van der Waals surface area contributed by atoms with E-state index >= 15 is 0 Å². The Labute approximate surface area is 241 Å². The molecule has 0 spiro atoms. The molecule has 0 saturated carbocycles. The lowest BCUT2D eigenvalue weighted by atomic mass is 9.85. The summed E-state index contributed by atoms with van der Waals surface area (Å²) in [5.74, 6) is -1.37. The van der Waals surface area contributed by atoms with E-state index in [1.807, 2.05) is 30.3 Å². The molecule has 2 aliphatic heterocycles. The van der Waals surface area contributed by atoms with Gasteiger partial charge < -0.3 is 24.7 Å². The highest BCUT2D eigenvalue weighted by Gasteiger charge is 2.47. The molecule has 41 heavy (non-hydrogen) atoms. The van der Waals surface area contributed by atoms with Gasteiger partial charge in [0.2, 0.25) is 0 Å². The van der Waals surface area contributed by atoms with E-state index in [0.29, 0.717) is 22.6 Å². The van der Waals surface area contributed by atoms with Gasteiger partial charge in [-0.25, -0.2) is 0 Å². The van der Waals surface area contributed by atoms with Crippen molar-refractivity contribution in [3.8, 4) is 11.5 Å². The Morgan fingerprint density at radius 2 is 1.49 bits per heavy atom. The summed E-state index contributed by atoms with van der Waals surface area (Å²) in [6.07, 6.45) is 0. The summed E-state index contributed by atoms with van der Waals surface area (Å²) in [6.45, 7) is 9.92. The molecular formula is C33H37N3O5. The molecule has 8 nitrogen and oxygen atoms in total. The normalized spacial score (nSPS) is 19.6. The molecule has 0 aliphatic carbocycles. The summed E-state index contributed by atoms with van der Waals surface area (Å²) in [6, 6.07) is 18.5. The van der Waals surface area contributed by atoms with Crippen LogP contribution >= 0.6 is 0 Å². The maximum absolute atomic E-state index is 13.7. The number of phenols is 1. The van der Waals surface area contributed by atoms with Crippen LogP contribution in [0.15, 0.2) is 72.3 Å². The van der Waals surface area contributed by atoms with Gasteiger partial charge in [-0.2, -0.15) is 0 Å². The highest BCUT2D eigenvalue weighted by atomic mass is 16.5. The fourth-order valence-corrected chi connectivity index (χ4v) is 5.46. The second-order valence-electron chi connectivity index (χ2n) is 11.7. The summed E-state index contributed by atoms with van der Waals surface area (Å²) in [5.41, 5.74) is 3.18. The number of benzene rings is 3. The van der Waals surface area contributed by atoms with Crippen molar-refractivity contribution in [1.82, 2.24) is 4.90 Å². The predicted octanol–water partition coefficient (Wildman–Crippen LogP) is 5.08. The Morgan fingerprint density at radius 1 is 0.878 bits per heavy atom. The molecular weight excluding hydrogens is 518 g/mol. The Morgan fingerprint density at radius 3 is 2.07 bits per heavy atom. The van der Waals surface area contributed by atoms with Crippen LogP contribution < -0.4 is 14.5 Å². The average Bonchev–Trinajstić information content (AvgIpc) is 3.22. The number of rotatable bonds is 5. The fraction of sp³-hybridized carbons (Fsp3) is 0.333. The number of ketones is 1. The van der Waals surface area contributed by atoms with E-state index < -0.39 is 17.7 Å². The number of Topliss-reactive ketones (excluding diaryl/α,β-unsaturated/α-hetero) is 1. The maximum Gasteiger partial charge on any atom is 0.300 e. The first-order valence-corrected chi connectivity index (χ1v) is 13.8. The number of aliphatic hydroxyl groups is 1. The van der Waals surface area contributed by atoms with Gasteiger partial charge in [0.05, 0.1) is 24.3 Å².